The number of pyridine rings is 1. The smallest absolute Gasteiger partial charge is 0.324 e. The van der Waals surface area contributed by atoms with Crippen molar-refractivity contribution in [1.29, 1.82) is 0 Å². The van der Waals surface area contributed by atoms with Crippen molar-refractivity contribution >= 4 is 108 Å². The Bertz CT molecular complexity index is 2310. The van der Waals surface area contributed by atoms with Gasteiger partial charge in [-0.3, -0.25) is 24.4 Å². The number of benzene rings is 1. The number of carbonyl (C=O) groups excluding carboxylic acids is 3. The number of carbonyl (C=O) groups is 3. The van der Waals surface area contributed by atoms with Crippen molar-refractivity contribution in [2.75, 3.05) is 27.3 Å². The van der Waals surface area contributed by atoms with E-state index in [0.717, 1.165) is 69.9 Å². The highest BCUT2D eigenvalue weighted by Crippen LogP contribution is 2.46. The standard InChI is InChI=1S/C47H61N7O5S.5H2S/c1-8-53-40-14-11-28-19-34(40)36(43(53)35-20-30(23-48-42(35)27(3)58-7)29-17-31-12-13-32(18-29)52(31)6)22-47(4,5)25-59-46(57)37-10-9-15-54(51-37)45(56)38(21-41-49-39(28)24-60-41)50-44(55)33-16-26(33)2;;;;;/h11,14,19-20,23-24,26-27,29,31-33,37-38,51H,8-10,12-13,15-18,21-22,25H2,1-7H3,(H,50,55);5*1H2/t26-,27-,29?,31?,32?,33-,37-,38-;;;;;/m0...../s1. The maximum atomic E-state index is 14.2. The highest BCUT2D eigenvalue weighted by molar-refractivity contribution is 7.60. The van der Waals surface area contributed by atoms with Crippen LogP contribution in [0.15, 0.2) is 35.8 Å². The highest BCUT2D eigenvalue weighted by atomic mass is 32.1. The molecular formula is C47H71N7O5S6. The highest BCUT2D eigenvalue weighted by Gasteiger charge is 2.43. The molecule has 1 aliphatic carbocycles. The number of thiazole rings is 1. The summed E-state index contributed by atoms with van der Waals surface area (Å²) in [5.74, 6) is -0.0948. The number of nitrogens with zero attached hydrogens (tertiary/aromatic N) is 5. The molecule has 1 saturated carbocycles. The SMILES string of the molecule is CCn1c(-c2cc(C3CC4CCC(C3)N4C)cnc2[C@H](C)OC)c2c3cc(ccc31)-c1csc(n1)C[C@H](NC(=O)[C@H]1C[C@@H]1C)C(=O)N1CCC[C@H](N1)C(=O)OCC(C)(C)C2.S.S.S.S.S. The molecule has 5 aliphatic rings. The first kappa shape index (κ1) is 55.2. The number of aryl methyl sites for hydroxylation is 1. The maximum Gasteiger partial charge on any atom is 0.324 e. The molecule has 2 N–H and O–H groups in total. The van der Waals surface area contributed by atoms with E-state index in [-0.39, 0.29) is 110 Å². The Morgan fingerprint density at radius 1 is 1.06 bits per heavy atom. The van der Waals surface area contributed by atoms with Gasteiger partial charge in [0.05, 0.1) is 34.8 Å². The van der Waals surface area contributed by atoms with Crippen LogP contribution >= 0.6 is 78.8 Å². The topological polar surface area (TPSA) is 131 Å². The van der Waals surface area contributed by atoms with Crippen LogP contribution in [-0.2, 0) is 43.2 Å². The number of cyclic esters (lactones) is 1. The molecule has 360 valence electrons. The van der Waals surface area contributed by atoms with Crippen molar-refractivity contribution in [3.63, 3.8) is 0 Å². The van der Waals surface area contributed by atoms with Crippen molar-refractivity contribution < 1.29 is 23.9 Å². The molecule has 1 aromatic carbocycles. The number of methoxy groups -OCH3 is 1. The number of rotatable bonds is 7. The number of hydrogen-bond acceptors (Lipinski definition) is 10. The van der Waals surface area contributed by atoms with Crippen LogP contribution < -0.4 is 10.7 Å². The molecule has 4 fully saturated rings. The summed E-state index contributed by atoms with van der Waals surface area (Å²) in [5.41, 5.74) is 11.3. The molecule has 65 heavy (non-hydrogen) atoms. The Kier molecular flexibility index (Phi) is 19.0. The Balaban J connectivity index is 0.00000185. The van der Waals surface area contributed by atoms with Crippen molar-refractivity contribution in [2.24, 2.45) is 17.3 Å². The fraction of sp³-hybridized carbons (Fsp3) is 0.596. The van der Waals surface area contributed by atoms with Crippen LogP contribution in [0.2, 0.25) is 0 Å². The molecular weight excluding hydrogens is 935 g/mol. The number of fused-ring (bicyclic) bond motifs is 8. The van der Waals surface area contributed by atoms with Gasteiger partial charge in [0, 0.05) is 83.6 Å². The average Bonchev–Trinajstić information content (AvgIpc) is 3.59. The third kappa shape index (κ3) is 11.1. The first-order valence-electron chi connectivity index (χ1n) is 22.2. The van der Waals surface area contributed by atoms with Crippen molar-refractivity contribution in [3.8, 4) is 22.5 Å². The second-order valence-electron chi connectivity index (χ2n) is 19.1. The quantitative estimate of drug-likeness (QED) is 0.179. The summed E-state index contributed by atoms with van der Waals surface area (Å²) in [6.45, 7) is 12.0. The van der Waals surface area contributed by atoms with E-state index in [0.29, 0.717) is 49.7 Å². The van der Waals surface area contributed by atoms with Gasteiger partial charge in [-0.05, 0) is 113 Å². The summed E-state index contributed by atoms with van der Waals surface area (Å²) < 4.78 is 14.6. The number of esters is 1. The minimum atomic E-state index is -0.822. The molecule has 0 radical (unpaired) electrons. The van der Waals surface area contributed by atoms with E-state index in [2.05, 4.69) is 97.7 Å². The lowest BCUT2D eigenvalue weighted by Gasteiger charge is -2.36. The van der Waals surface area contributed by atoms with E-state index in [1.165, 1.54) is 40.3 Å². The fourth-order valence-corrected chi connectivity index (χ4v) is 11.4. The fourth-order valence-electron chi connectivity index (χ4n) is 10.5. The van der Waals surface area contributed by atoms with Crippen molar-refractivity contribution in [2.45, 2.75) is 135 Å². The first-order valence-corrected chi connectivity index (χ1v) is 23.1. The normalized spacial score (nSPS) is 26.4. The molecule has 18 heteroatoms. The second-order valence-corrected chi connectivity index (χ2v) is 20.0. The lowest BCUT2D eigenvalue weighted by molar-refractivity contribution is -0.155. The van der Waals surface area contributed by atoms with Gasteiger partial charge < -0.3 is 24.3 Å². The molecule has 4 aromatic rings. The molecule has 3 saturated heterocycles. The Morgan fingerprint density at radius 3 is 2.43 bits per heavy atom. The Labute approximate surface area is 423 Å². The summed E-state index contributed by atoms with van der Waals surface area (Å²) in [4.78, 5) is 54.2. The van der Waals surface area contributed by atoms with Crippen molar-refractivity contribution in [3.05, 3.63) is 57.7 Å². The molecule has 7 heterocycles. The van der Waals surface area contributed by atoms with E-state index < -0.39 is 17.5 Å². The van der Waals surface area contributed by atoms with Crippen LogP contribution in [0.25, 0.3) is 33.4 Å². The number of hydrogen-bond donors (Lipinski definition) is 2. The monoisotopic (exact) mass is 1010 g/mol. The zero-order valence-electron chi connectivity index (χ0n) is 38.8. The number of hydrazine groups is 1. The molecule has 3 aromatic heterocycles. The molecule has 4 aliphatic heterocycles. The van der Waals surface area contributed by atoms with Gasteiger partial charge in [-0.25, -0.2) is 10.4 Å². The number of aromatic nitrogens is 3. The van der Waals surface area contributed by atoms with Crippen LogP contribution in [0, 0.1) is 17.3 Å². The Hall–Kier alpha value is -2.42. The van der Waals surface area contributed by atoms with E-state index in [9.17, 15) is 14.4 Å². The van der Waals surface area contributed by atoms with Gasteiger partial charge in [-0.15, -0.1) is 11.3 Å². The number of amides is 2. The van der Waals surface area contributed by atoms with Crippen LogP contribution in [-0.4, -0.2) is 93.7 Å². The predicted molar refractivity (Wildman–Crippen MR) is 285 cm³/mol. The predicted octanol–water partition coefficient (Wildman–Crippen LogP) is 7.76. The molecule has 8 bridgehead atoms. The van der Waals surface area contributed by atoms with Crippen LogP contribution in [0.5, 0.6) is 0 Å². The number of piperidine rings is 1. The lowest BCUT2D eigenvalue weighted by Crippen LogP contribution is -2.60. The zero-order chi connectivity index (χ0) is 42.0. The second kappa shape index (κ2) is 22.3. The van der Waals surface area contributed by atoms with Crippen LogP contribution in [0.3, 0.4) is 0 Å². The van der Waals surface area contributed by atoms with E-state index in [1.807, 2.05) is 0 Å². The number of ether oxygens (including phenoxy) is 2. The van der Waals surface area contributed by atoms with Gasteiger partial charge in [0.15, 0.2) is 0 Å². The van der Waals surface area contributed by atoms with Crippen LogP contribution in [0.1, 0.15) is 113 Å². The first-order chi connectivity index (χ1) is 28.8. The van der Waals surface area contributed by atoms with Crippen molar-refractivity contribution in [1.82, 2.24) is 35.2 Å². The van der Waals surface area contributed by atoms with E-state index in [4.69, 9.17) is 19.4 Å². The van der Waals surface area contributed by atoms with Gasteiger partial charge in [0.2, 0.25) is 5.91 Å². The van der Waals surface area contributed by atoms with Gasteiger partial charge >= 0.3 is 5.97 Å². The number of nitrogens with one attached hydrogen (secondary N) is 2. The minimum Gasteiger partial charge on any atom is -0.464 e. The van der Waals surface area contributed by atoms with Gasteiger partial charge in [-0.1, -0.05) is 26.8 Å². The molecule has 0 spiro atoms. The summed E-state index contributed by atoms with van der Waals surface area (Å²) >= 11 is 1.50. The zero-order valence-corrected chi connectivity index (χ0v) is 44.6. The average molecular weight is 1010 g/mol. The molecule has 9 rings (SSSR count). The largest absolute Gasteiger partial charge is 0.464 e. The molecule has 12 nitrogen and oxygen atoms in total. The lowest BCUT2D eigenvalue weighted by atomic mass is 9.82. The maximum absolute atomic E-state index is 14.2. The third-order valence-electron chi connectivity index (χ3n) is 14.3. The minimum absolute atomic E-state index is 0. The summed E-state index contributed by atoms with van der Waals surface area (Å²) in [7, 11) is 4.04. The summed E-state index contributed by atoms with van der Waals surface area (Å²) in [6, 6.07) is 8.75. The molecule has 7 atom stereocenters. The third-order valence-corrected chi connectivity index (χ3v) is 15.1. The molecule has 2 unspecified atom stereocenters. The van der Waals surface area contributed by atoms with E-state index >= 15 is 0 Å². The molecule has 2 amide bonds. The Morgan fingerprint density at radius 2 is 1.77 bits per heavy atom. The van der Waals surface area contributed by atoms with Gasteiger partial charge in [-0.2, -0.15) is 67.5 Å². The summed E-state index contributed by atoms with van der Waals surface area (Å²) in [5, 5.41) is 8.52. The summed E-state index contributed by atoms with van der Waals surface area (Å²) in [6.07, 6.45) is 9.58. The van der Waals surface area contributed by atoms with Gasteiger partial charge in [0.1, 0.15) is 12.1 Å². The van der Waals surface area contributed by atoms with E-state index in [1.54, 1.807) is 7.11 Å². The van der Waals surface area contributed by atoms with Gasteiger partial charge in [0.25, 0.3) is 5.91 Å². The van der Waals surface area contributed by atoms with Crippen LogP contribution in [0.4, 0.5) is 0 Å².